The molecule has 0 bridgehead atoms. The molecule has 2 aromatic rings. The average Bonchev–Trinajstić information content (AvgIpc) is 3.20. The monoisotopic (exact) mass is 470 g/mol. The molecule has 0 N–H and O–H groups in total. The minimum absolute atomic E-state index is 0.0219. The van der Waals surface area contributed by atoms with Crippen LogP contribution in [0.15, 0.2) is 36.5 Å². The molecule has 4 rings (SSSR count). The van der Waals surface area contributed by atoms with Gasteiger partial charge in [-0.2, -0.15) is 0 Å². The fourth-order valence-electron chi connectivity index (χ4n) is 4.13. The zero-order chi connectivity index (χ0) is 23.6. The molecule has 33 heavy (non-hydrogen) atoms. The van der Waals surface area contributed by atoms with E-state index >= 15 is 0 Å². The van der Waals surface area contributed by atoms with Crippen molar-refractivity contribution in [2.45, 2.75) is 31.4 Å². The summed E-state index contributed by atoms with van der Waals surface area (Å²) in [6.45, 7) is 1.24. The number of halogens is 4. The van der Waals surface area contributed by atoms with Gasteiger partial charge in [-0.3, -0.25) is 14.5 Å². The Balaban J connectivity index is 1.41. The van der Waals surface area contributed by atoms with Crippen molar-refractivity contribution in [3.63, 3.8) is 0 Å². The summed E-state index contributed by atoms with van der Waals surface area (Å²) >= 11 is 0. The van der Waals surface area contributed by atoms with Crippen molar-refractivity contribution >= 4 is 5.91 Å². The van der Waals surface area contributed by atoms with Crippen molar-refractivity contribution in [1.29, 1.82) is 0 Å². The van der Waals surface area contributed by atoms with Gasteiger partial charge in [0.15, 0.2) is 0 Å². The van der Waals surface area contributed by atoms with Crippen LogP contribution >= 0.6 is 0 Å². The van der Waals surface area contributed by atoms with Gasteiger partial charge in [-0.15, -0.1) is 13.2 Å². The summed E-state index contributed by atoms with van der Waals surface area (Å²) in [6.07, 6.45) is -3.48. The summed E-state index contributed by atoms with van der Waals surface area (Å²) in [5.74, 6) is -0.386. The van der Waals surface area contributed by atoms with Crippen LogP contribution < -0.4 is 4.74 Å². The van der Waals surface area contributed by atoms with Crippen molar-refractivity contribution in [1.82, 2.24) is 9.88 Å². The Bertz CT molecular complexity index is 1020. The van der Waals surface area contributed by atoms with Gasteiger partial charge < -0.3 is 19.1 Å². The zero-order valence-corrected chi connectivity index (χ0v) is 17.7. The second-order valence-electron chi connectivity index (χ2n) is 7.76. The lowest BCUT2D eigenvalue weighted by atomic mass is 9.84. The highest BCUT2D eigenvalue weighted by Gasteiger charge is 2.53. The molecular formula is C22H22F4N2O5. The van der Waals surface area contributed by atoms with Crippen molar-refractivity contribution < 1.29 is 41.3 Å². The van der Waals surface area contributed by atoms with Gasteiger partial charge >= 0.3 is 6.36 Å². The largest absolute Gasteiger partial charge is 0.522 e. The molecule has 0 aliphatic carbocycles. The molecule has 0 unspecified atom stereocenters. The van der Waals surface area contributed by atoms with Gasteiger partial charge in [-0.05, 0) is 42.8 Å². The lowest BCUT2D eigenvalue weighted by Crippen LogP contribution is -2.54. The van der Waals surface area contributed by atoms with E-state index in [1.807, 2.05) is 0 Å². The Morgan fingerprint density at radius 3 is 2.85 bits per heavy atom. The number of aromatic nitrogens is 1. The highest BCUT2D eigenvalue weighted by atomic mass is 19.4. The van der Waals surface area contributed by atoms with Crippen LogP contribution in [0.1, 0.15) is 28.0 Å². The Morgan fingerprint density at radius 2 is 2.12 bits per heavy atom. The maximum absolute atomic E-state index is 14.4. The van der Waals surface area contributed by atoms with Crippen molar-refractivity contribution in [3.8, 4) is 5.75 Å². The smallest absolute Gasteiger partial charge is 0.491 e. The predicted octanol–water partition coefficient (Wildman–Crippen LogP) is 3.56. The molecule has 2 fully saturated rings. The first-order valence-electron chi connectivity index (χ1n) is 10.3. The maximum atomic E-state index is 14.4. The fraction of sp³-hybridized carbons (Fsp3) is 0.455. The molecule has 2 atom stereocenters. The van der Waals surface area contributed by atoms with E-state index in [2.05, 4.69) is 9.72 Å². The second kappa shape index (κ2) is 9.24. The van der Waals surface area contributed by atoms with Crippen LogP contribution in [0.2, 0.25) is 0 Å². The summed E-state index contributed by atoms with van der Waals surface area (Å²) in [7, 11) is 0. The van der Waals surface area contributed by atoms with E-state index < -0.39 is 30.5 Å². The molecule has 3 heterocycles. The van der Waals surface area contributed by atoms with Crippen LogP contribution in [-0.2, 0) is 19.8 Å². The van der Waals surface area contributed by atoms with Gasteiger partial charge in [0.2, 0.25) is 0 Å². The minimum atomic E-state index is -4.71. The van der Waals surface area contributed by atoms with Crippen molar-refractivity contribution in [2.24, 2.45) is 0 Å². The number of piperidine rings is 1. The molecule has 11 heteroatoms. The number of pyridine rings is 1. The summed E-state index contributed by atoms with van der Waals surface area (Å²) in [5.41, 5.74) is 0.109. The highest BCUT2D eigenvalue weighted by Crippen LogP contribution is 2.42. The number of hydrogen-bond acceptors (Lipinski definition) is 6. The van der Waals surface area contributed by atoms with Crippen LogP contribution in [0.25, 0.3) is 0 Å². The number of fused-ring (bicyclic) bond motifs is 1. The summed E-state index contributed by atoms with van der Waals surface area (Å²) in [4.78, 5) is 18.8. The standard InChI is InChI=1S/C22H22F4N2O5/c1-14-11-15(4-5-17(14)30-9-10-32-22(24,25)26)20(29)28-8-6-21(18(12-28)31-13-33-21)19-16(23)3-2-7-27-19/h2-5,7,11,18H,6,8-10,12-13H2,1H3/t18-,21+/m1/s1. The highest BCUT2D eigenvalue weighted by molar-refractivity contribution is 5.94. The number of ether oxygens (including phenoxy) is 4. The van der Waals surface area contributed by atoms with E-state index in [1.165, 1.54) is 24.4 Å². The molecular weight excluding hydrogens is 448 g/mol. The van der Waals surface area contributed by atoms with Crippen LogP contribution in [0, 0.1) is 12.7 Å². The third-order valence-electron chi connectivity index (χ3n) is 5.72. The zero-order valence-electron chi connectivity index (χ0n) is 17.7. The molecule has 0 spiro atoms. The number of alkyl halides is 3. The van der Waals surface area contributed by atoms with E-state index in [1.54, 1.807) is 24.0 Å². The molecule has 2 aliphatic rings. The number of carbonyl (C=O) groups excluding carboxylic acids is 1. The molecule has 2 saturated heterocycles. The third-order valence-corrected chi connectivity index (χ3v) is 5.72. The van der Waals surface area contributed by atoms with Crippen LogP contribution in [0.4, 0.5) is 17.6 Å². The quantitative estimate of drug-likeness (QED) is 0.475. The molecule has 7 nitrogen and oxygen atoms in total. The van der Waals surface area contributed by atoms with Crippen LogP contribution in [0.3, 0.4) is 0 Å². The molecule has 1 amide bonds. The number of rotatable bonds is 6. The Kier molecular flexibility index (Phi) is 6.55. The lowest BCUT2D eigenvalue weighted by molar-refractivity contribution is -0.325. The van der Waals surface area contributed by atoms with Crippen molar-refractivity contribution in [2.75, 3.05) is 33.1 Å². The van der Waals surface area contributed by atoms with E-state index in [9.17, 15) is 22.4 Å². The number of hydrogen-bond donors (Lipinski definition) is 0. The number of amides is 1. The first kappa shape index (κ1) is 23.4. The number of nitrogens with zero attached hydrogens (tertiary/aromatic N) is 2. The minimum Gasteiger partial charge on any atom is -0.491 e. The predicted molar refractivity (Wildman–Crippen MR) is 106 cm³/mol. The van der Waals surface area contributed by atoms with Gasteiger partial charge in [0, 0.05) is 24.7 Å². The van der Waals surface area contributed by atoms with Gasteiger partial charge in [-0.25, -0.2) is 4.39 Å². The number of benzene rings is 1. The summed E-state index contributed by atoms with van der Waals surface area (Å²) in [5, 5.41) is 0. The Hall–Kier alpha value is -2.76. The summed E-state index contributed by atoms with van der Waals surface area (Å²) < 4.78 is 71.0. The topological polar surface area (TPSA) is 70.1 Å². The molecule has 2 aliphatic heterocycles. The first-order chi connectivity index (χ1) is 15.7. The van der Waals surface area contributed by atoms with Gasteiger partial charge in [0.05, 0.1) is 13.2 Å². The normalized spacial score (nSPS) is 22.8. The van der Waals surface area contributed by atoms with E-state index in [0.717, 1.165) is 0 Å². The SMILES string of the molecule is Cc1cc(C(=O)N2CC[C@]3(c4ncccc4F)OCO[C@@H]3C2)ccc1OCCOC(F)(F)F. The van der Waals surface area contributed by atoms with Gasteiger partial charge in [0.25, 0.3) is 5.91 Å². The fourth-order valence-corrected chi connectivity index (χ4v) is 4.13. The van der Waals surface area contributed by atoms with E-state index in [4.69, 9.17) is 14.2 Å². The average molecular weight is 470 g/mol. The van der Waals surface area contributed by atoms with Gasteiger partial charge in [-0.1, -0.05) is 0 Å². The number of carbonyl (C=O) groups is 1. The number of likely N-dealkylation sites (tertiary alicyclic amines) is 1. The van der Waals surface area contributed by atoms with Crippen LogP contribution in [0.5, 0.6) is 5.75 Å². The van der Waals surface area contributed by atoms with Crippen molar-refractivity contribution in [3.05, 3.63) is 59.2 Å². The summed E-state index contributed by atoms with van der Waals surface area (Å²) in [6, 6.07) is 7.49. The van der Waals surface area contributed by atoms with E-state index in [0.29, 0.717) is 29.8 Å². The lowest BCUT2D eigenvalue weighted by Gasteiger charge is -2.41. The van der Waals surface area contributed by atoms with Crippen LogP contribution in [-0.4, -0.2) is 61.4 Å². The molecule has 0 saturated carbocycles. The third kappa shape index (κ3) is 4.94. The van der Waals surface area contributed by atoms with E-state index in [-0.39, 0.29) is 31.5 Å². The second-order valence-corrected chi connectivity index (χ2v) is 7.76. The molecule has 0 radical (unpaired) electrons. The number of aryl methyl sites for hydroxylation is 1. The van der Waals surface area contributed by atoms with Gasteiger partial charge in [0.1, 0.15) is 42.4 Å². The Labute approximate surface area is 187 Å². The molecule has 1 aromatic carbocycles. The maximum Gasteiger partial charge on any atom is 0.522 e. The molecule has 1 aromatic heterocycles. The first-order valence-corrected chi connectivity index (χ1v) is 10.3. The molecule has 178 valence electrons. The Morgan fingerprint density at radius 1 is 1.30 bits per heavy atom.